The van der Waals surface area contributed by atoms with Crippen LogP contribution in [0.4, 0.5) is 0 Å². The van der Waals surface area contributed by atoms with Crippen LogP contribution in [0.3, 0.4) is 0 Å². The number of hydrogen-bond acceptors (Lipinski definition) is 9. The van der Waals surface area contributed by atoms with Crippen LogP contribution in [0.1, 0.15) is 142 Å². The largest absolute Gasteiger partial charge is 0.463 e. The summed E-state index contributed by atoms with van der Waals surface area (Å²) >= 11 is 0. The zero-order valence-corrected chi connectivity index (χ0v) is 27.7. The molecule has 2 heterocycles. The molecule has 0 saturated carbocycles. The van der Waals surface area contributed by atoms with Gasteiger partial charge in [-0.3, -0.25) is 9.59 Å². The summed E-state index contributed by atoms with van der Waals surface area (Å²) in [6, 6.07) is -0.730. The highest BCUT2D eigenvalue weighted by Gasteiger charge is 2.22. The summed E-state index contributed by atoms with van der Waals surface area (Å²) in [4.78, 5) is 40.2. The van der Waals surface area contributed by atoms with Gasteiger partial charge in [0.05, 0.1) is 6.20 Å². The summed E-state index contributed by atoms with van der Waals surface area (Å²) in [5.41, 5.74) is 7.13. The fraction of sp³-hybridized carbons (Fsp3) is 0.794. The number of hydrogen-bond donors (Lipinski definition) is 2. The summed E-state index contributed by atoms with van der Waals surface area (Å²) in [6.07, 6.45) is 24.8. The first-order chi connectivity index (χ1) is 21.4. The maximum atomic E-state index is 12.4. The molecular weight excluding hydrogens is 558 g/mol. The summed E-state index contributed by atoms with van der Waals surface area (Å²) in [7, 11) is 0. The standard InChI is InChI=1S/C34H59N5O5/c1-4-5-6-7-8-9-10-11-12-13-14-15-16-17-18-19-20-21-31(40)43-23-28(24-44-34(41)32(35)27(2)3)42-25-30-38-29-22-36-26-37-33(29)39-30/h22,26-28,32H,4-21,23-25,35H2,1-3H3,(H,36,37,38,39)/t28?,32-/m0/s1. The van der Waals surface area contributed by atoms with E-state index in [0.29, 0.717) is 23.4 Å². The number of H-pyrrole nitrogens is 1. The van der Waals surface area contributed by atoms with Crippen LogP contribution in [0.5, 0.6) is 0 Å². The van der Waals surface area contributed by atoms with E-state index in [4.69, 9.17) is 19.9 Å². The Balaban J connectivity index is 1.55. The van der Waals surface area contributed by atoms with Crippen molar-refractivity contribution in [3.63, 3.8) is 0 Å². The van der Waals surface area contributed by atoms with Crippen molar-refractivity contribution in [3.05, 3.63) is 18.3 Å². The summed E-state index contributed by atoms with van der Waals surface area (Å²) < 4.78 is 16.8. The molecule has 44 heavy (non-hydrogen) atoms. The van der Waals surface area contributed by atoms with Crippen molar-refractivity contribution in [2.75, 3.05) is 13.2 Å². The molecule has 3 N–H and O–H groups in total. The minimum absolute atomic E-state index is 0.0258. The Hall–Kier alpha value is -2.59. The number of rotatable bonds is 27. The van der Waals surface area contributed by atoms with Gasteiger partial charge < -0.3 is 24.9 Å². The van der Waals surface area contributed by atoms with Crippen LogP contribution in [-0.2, 0) is 30.4 Å². The smallest absolute Gasteiger partial charge is 0.323 e. The molecule has 10 heteroatoms. The lowest BCUT2D eigenvalue weighted by Gasteiger charge is -2.20. The molecule has 0 radical (unpaired) electrons. The third-order valence-electron chi connectivity index (χ3n) is 7.98. The number of imidazole rings is 1. The number of nitrogens with two attached hydrogens (primary N) is 1. The molecule has 0 fully saturated rings. The van der Waals surface area contributed by atoms with Crippen LogP contribution >= 0.6 is 0 Å². The summed E-state index contributed by atoms with van der Waals surface area (Å²) in [5, 5.41) is 0. The van der Waals surface area contributed by atoms with Crippen molar-refractivity contribution < 1.29 is 23.8 Å². The predicted molar refractivity (Wildman–Crippen MR) is 174 cm³/mol. The monoisotopic (exact) mass is 617 g/mol. The molecule has 2 aromatic heterocycles. The molecule has 0 amide bonds. The van der Waals surface area contributed by atoms with Crippen molar-refractivity contribution >= 4 is 23.1 Å². The van der Waals surface area contributed by atoms with Gasteiger partial charge in [0, 0.05) is 6.42 Å². The number of ether oxygens (including phenoxy) is 3. The molecule has 0 aliphatic rings. The number of nitrogens with one attached hydrogen (secondary N) is 1. The van der Waals surface area contributed by atoms with Gasteiger partial charge in [-0.15, -0.1) is 0 Å². The van der Waals surface area contributed by atoms with Crippen molar-refractivity contribution in [2.24, 2.45) is 11.7 Å². The van der Waals surface area contributed by atoms with Gasteiger partial charge in [-0.25, -0.2) is 15.0 Å². The highest BCUT2D eigenvalue weighted by molar-refractivity contribution is 5.75. The van der Waals surface area contributed by atoms with Gasteiger partial charge in [-0.1, -0.05) is 124 Å². The van der Waals surface area contributed by atoms with Crippen molar-refractivity contribution in [1.29, 1.82) is 0 Å². The zero-order chi connectivity index (χ0) is 31.8. The molecule has 0 saturated heterocycles. The number of aromatic amines is 1. The normalized spacial score (nSPS) is 12.9. The lowest BCUT2D eigenvalue weighted by atomic mass is 10.0. The van der Waals surface area contributed by atoms with Crippen LogP contribution in [0.15, 0.2) is 12.5 Å². The third kappa shape index (κ3) is 17.0. The molecule has 2 rings (SSSR count). The molecule has 0 aromatic carbocycles. The molecular formula is C34H59N5O5. The number of esters is 2. The molecule has 0 aliphatic carbocycles. The summed E-state index contributed by atoms with van der Waals surface area (Å²) in [5.74, 6) is -0.294. The van der Waals surface area contributed by atoms with Crippen LogP contribution in [0.25, 0.3) is 11.2 Å². The first kappa shape index (κ1) is 37.6. The number of carbonyl (C=O) groups excluding carboxylic acids is 2. The van der Waals surface area contributed by atoms with E-state index in [9.17, 15) is 9.59 Å². The molecule has 10 nitrogen and oxygen atoms in total. The number of carbonyl (C=O) groups is 2. The van der Waals surface area contributed by atoms with E-state index in [1.165, 1.54) is 96.2 Å². The fourth-order valence-electron chi connectivity index (χ4n) is 5.02. The van der Waals surface area contributed by atoms with E-state index in [1.54, 1.807) is 6.20 Å². The average Bonchev–Trinajstić information content (AvgIpc) is 3.44. The van der Waals surface area contributed by atoms with Crippen LogP contribution in [0, 0.1) is 5.92 Å². The highest BCUT2D eigenvalue weighted by Crippen LogP contribution is 2.15. The van der Waals surface area contributed by atoms with Gasteiger partial charge in [0.25, 0.3) is 0 Å². The minimum atomic E-state index is -0.730. The molecule has 2 aromatic rings. The zero-order valence-electron chi connectivity index (χ0n) is 27.7. The number of nitrogens with zero attached hydrogens (tertiary/aromatic N) is 3. The Morgan fingerprint density at radius 2 is 1.36 bits per heavy atom. The van der Waals surface area contributed by atoms with E-state index >= 15 is 0 Å². The van der Waals surface area contributed by atoms with E-state index in [1.807, 2.05) is 13.8 Å². The second-order valence-electron chi connectivity index (χ2n) is 12.4. The van der Waals surface area contributed by atoms with Crippen molar-refractivity contribution in [1.82, 2.24) is 19.9 Å². The quantitative estimate of drug-likeness (QED) is 0.0777. The lowest BCUT2D eigenvalue weighted by Crippen LogP contribution is -2.39. The van der Waals surface area contributed by atoms with Crippen LogP contribution in [-0.4, -0.2) is 57.2 Å². The second-order valence-corrected chi connectivity index (χ2v) is 12.4. The van der Waals surface area contributed by atoms with Gasteiger partial charge in [0.2, 0.25) is 0 Å². The highest BCUT2D eigenvalue weighted by atomic mass is 16.6. The third-order valence-corrected chi connectivity index (χ3v) is 7.98. The Morgan fingerprint density at radius 3 is 1.91 bits per heavy atom. The van der Waals surface area contributed by atoms with Crippen LogP contribution < -0.4 is 5.73 Å². The predicted octanol–water partition coefficient (Wildman–Crippen LogP) is 7.35. The van der Waals surface area contributed by atoms with Gasteiger partial charge in [0.15, 0.2) is 5.65 Å². The average molecular weight is 618 g/mol. The number of aromatic nitrogens is 4. The topological polar surface area (TPSA) is 142 Å². The summed E-state index contributed by atoms with van der Waals surface area (Å²) in [6.45, 7) is 5.98. The SMILES string of the molecule is CCCCCCCCCCCCCCCCCCCC(=O)OCC(COC(=O)[C@@H](N)C(C)C)OCc1nc2ncncc2[nH]1. The molecule has 0 aliphatic heterocycles. The number of fused-ring (bicyclic) bond motifs is 1. The second kappa shape index (κ2) is 23.7. The van der Waals surface area contributed by atoms with Crippen molar-refractivity contribution in [2.45, 2.75) is 155 Å². The first-order valence-electron chi connectivity index (χ1n) is 17.2. The first-order valence-corrected chi connectivity index (χ1v) is 17.2. The van der Waals surface area contributed by atoms with E-state index in [-0.39, 0.29) is 31.7 Å². The Morgan fingerprint density at radius 1 is 0.818 bits per heavy atom. The Labute approximate surface area is 265 Å². The molecule has 250 valence electrons. The molecule has 0 bridgehead atoms. The van der Waals surface area contributed by atoms with Crippen LogP contribution in [0.2, 0.25) is 0 Å². The lowest BCUT2D eigenvalue weighted by molar-refractivity contribution is -0.157. The fourth-order valence-corrected chi connectivity index (χ4v) is 5.02. The minimum Gasteiger partial charge on any atom is -0.463 e. The maximum Gasteiger partial charge on any atom is 0.323 e. The molecule has 2 atom stereocenters. The van der Waals surface area contributed by atoms with Gasteiger partial charge in [-0.2, -0.15) is 0 Å². The molecule has 0 spiro atoms. The van der Waals surface area contributed by atoms with E-state index in [2.05, 4.69) is 26.9 Å². The molecule has 1 unspecified atom stereocenters. The number of unbranched alkanes of at least 4 members (excludes halogenated alkanes) is 16. The van der Waals surface area contributed by atoms with Gasteiger partial charge >= 0.3 is 11.9 Å². The Kier molecular flexibility index (Phi) is 20.3. The Bertz CT molecular complexity index is 997. The van der Waals surface area contributed by atoms with Gasteiger partial charge in [0.1, 0.15) is 49.6 Å². The van der Waals surface area contributed by atoms with Gasteiger partial charge in [-0.05, 0) is 12.3 Å². The van der Waals surface area contributed by atoms with E-state index in [0.717, 1.165) is 19.3 Å². The van der Waals surface area contributed by atoms with E-state index < -0.39 is 18.1 Å². The maximum absolute atomic E-state index is 12.4. The van der Waals surface area contributed by atoms with Crippen molar-refractivity contribution in [3.8, 4) is 0 Å².